The molecule has 1 spiro atoms. The summed E-state index contributed by atoms with van der Waals surface area (Å²) in [6.45, 7) is 3.62. The molecule has 0 aromatic heterocycles. The van der Waals surface area contributed by atoms with E-state index in [2.05, 4.69) is 5.32 Å². The molecular weight excluding hydrogens is 168 g/mol. The summed E-state index contributed by atoms with van der Waals surface area (Å²) in [5.41, 5.74) is 5.62. The Bertz CT molecular complexity index is 224. The number of nitrogens with one attached hydrogen (secondary N) is 1. The number of hydrogen-bond donors (Lipinski definition) is 2. The Morgan fingerprint density at radius 1 is 1.54 bits per heavy atom. The maximum atomic E-state index is 11.6. The first-order valence-corrected chi connectivity index (χ1v) is 4.84. The van der Waals surface area contributed by atoms with Crippen molar-refractivity contribution in [3.8, 4) is 0 Å². The van der Waals surface area contributed by atoms with E-state index in [0.717, 1.165) is 25.9 Å². The van der Waals surface area contributed by atoms with Crippen LogP contribution < -0.4 is 11.1 Å². The zero-order chi connectivity index (χ0) is 9.47. The van der Waals surface area contributed by atoms with Crippen LogP contribution >= 0.6 is 0 Å². The lowest BCUT2D eigenvalue weighted by Gasteiger charge is -2.33. The molecule has 0 amide bonds. The Morgan fingerprint density at radius 2 is 2.15 bits per heavy atom. The van der Waals surface area contributed by atoms with Crippen LogP contribution in [0.1, 0.15) is 19.8 Å². The molecule has 0 radical (unpaired) electrons. The molecule has 74 valence electrons. The summed E-state index contributed by atoms with van der Waals surface area (Å²) in [5.74, 6) is -0.0889. The average Bonchev–Trinajstić information content (AvgIpc) is 2.34. The Hall–Kier alpha value is -0.610. The lowest BCUT2D eigenvalue weighted by Crippen LogP contribution is -2.50. The van der Waals surface area contributed by atoms with Crippen molar-refractivity contribution in [2.45, 2.75) is 31.9 Å². The van der Waals surface area contributed by atoms with Gasteiger partial charge in [-0.05, 0) is 32.9 Å². The standard InChI is InChI=1S/C9H16N2O2/c1-6-7(10)9(8(12)13-6)2-4-11-5-3-9/h6-7,11H,2-5,10H2,1H3/t6-,7+/m0/s1. The van der Waals surface area contributed by atoms with Crippen molar-refractivity contribution in [3.05, 3.63) is 0 Å². The summed E-state index contributed by atoms with van der Waals surface area (Å²) in [7, 11) is 0. The maximum Gasteiger partial charge on any atom is 0.314 e. The van der Waals surface area contributed by atoms with E-state index in [9.17, 15) is 4.79 Å². The van der Waals surface area contributed by atoms with Crippen LogP contribution in [-0.2, 0) is 9.53 Å². The summed E-state index contributed by atoms with van der Waals surface area (Å²) in [4.78, 5) is 11.6. The highest BCUT2D eigenvalue weighted by molar-refractivity contribution is 5.80. The van der Waals surface area contributed by atoms with Crippen LogP contribution in [0.15, 0.2) is 0 Å². The van der Waals surface area contributed by atoms with Crippen molar-refractivity contribution in [1.82, 2.24) is 5.32 Å². The van der Waals surface area contributed by atoms with E-state index >= 15 is 0 Å². The Balaban J connectivity index is 2.23. The first-order valence-electron chi connectivity index (χ1n) is 4.84. The predicted octanol–water partition coefficient (Wildman–Crippen LogP) is -0.371. The quantitative estimate of drug-likeness (QED) is 0.504. The molecule has 0 bridgehead atoms. The smallest absolute Gasteiger partial charge is 0.314 e. The highest BCUT2D eigenvalue weighted by atomic mass is 16.6. The summed E-state index contributed by atoms with van der Waals surface area (Å²) >= 11 is 0. The molecule has 2 atom stereocenters. The van der Waals surface area contributed by atoms with Gasteiger partial charge in [-0.25, -0.2) is 0 Å². The second kappa shape index (κ2) is 2.96. The summed E-state index contributed by atoms with van der Waals surface area (Å²) < 4.78 is 5.18. The van der Waals surface area contributed by atoms with Crippen molar-refractivity contribution >= 4 is 5.97 Å². The van der Waals surface area contributed by atoms with Crippen LogP contribution in [0, 0.1) is 5.41 Å². The number of nitrogens with two attached hydrogens (primary N) is 1. The van der Waals surface area contributed by atoms with Gasteiger partial charge in [-0.15, -0.1) is 0 Å². The number of carbonyl (C=O) groups excluding carboxylic acids is 1. The van der Waals surface area contributed by atoms with Gasteiger partial charge in [0, 0.05) is 0 Å². The third-order valence-corrected chi connectivity index (χ3v) is 3.34. The van der Waals surface area contributed by atoms with Gasteiger partial charge in [0.2, 0.25) is 0 Å². The third-order valence-electron chi connectivity index (χ3n) is 3.34. The molecule has 3 N–H and O–H groups in total. The SMILES string of the molecule is C[C@@H]1OC(=O)C2(CCNCC2)[C@@H]1N. The first kappa shape index (κ1) is 8.97. The fourth-order valence-electron chi connectivity index (χ4n) is 2.36. The molecule has 4 nitrogen and oxygen atoms in total. The van der Waals surface area contributed by atoms with Crippen LogP contribution in [-0.4, -0.2) is 31.2 Å². The lowest BCUT2D eigenvalue weighted by atomic mass is 9.73. The minimum Gasteiger partial charge on any atom is -0.461 e. The van der Waals surface area contributed by atoms with Gasteiger partial charge in [0.25, 0.3) is 0 Å². The van der Waals surface area contributed by atoms with Crippen LogP contribution in [0.2, 0.25) is 0 Å². The number of esters is 1. The van der Waals surface area contributed by atoms with Crippen molar-refractivity contribution in [2.75, 3.05) is 13.1 Å². The average molecular weight is 184 g/mol. The monoisotopic (exact) mass is 184 g/mol. The fraction of sp³-hybridized carbons (Fsp3) is 0.889. The van der Waals surface area contributed by atoms with Gasteiger partial charge in [0.05, 0.1) is 11.5 Å². The third kappa shape index (κ3) is 1.16. The van der Waals surface area contributed by atoms with Crippen molar-refractivity contribution in [3.63, 3.8) is 0 Å². The molecule has 0 aromatic rings. The normalized spacial score (nSPS) is 37.8. The number of hydrogen-bond acceptors (Lipinski definition) is 4. The second-order valence-corrected chi connectivity index (χ2v) is 4.04. The zero-order valence-electron chi connectivity index (χ0n) is 7.88. The van der Waals surface area contributed by atoms with Crippen LogP contribution in [0.5, 0.6) is 0 Å². The van der Waals surface area contributed by atoms with Gasteiger partial charge < -0.3 is 15.8 Å². The molecule has 0 unspecified atom stereocenters. The minimum absolute atomic E-state index is 0.0889. The van der Waals surface area contributed by atoms with Crippen LogP contribution in [0.25, 0.3) is 0 Å². The van der Waals surface area contributed by atoms with E-state index in [0.29, 0.717) is 0 Å². The number of piperidine rings is 1. The van der Waals surface area contributed by atoms with E-state index < -0.39 is 0 Å². The highest BCUT2D eigenvalue weighted by Crippen LogP contribution is 2.40. The summed E-state index contributed by atoms with van der Waals surface area (Å²) in [5, 5.41) is 3.23. The fourth-order valence-corrected chi connectivity index (χ4v) is 2.36. The minimum atomic E-state index is -0.384. The molecule has 2 fully saturated rings. The van der Waals surface area contributed by atoms with E-state index in [1.165, 1.54) is 0 Å². The molecule has 2 aliphatic heterocycles. The molecule has 0 saturated carbocycles. The summed E-state index contributed by atoms with van der Waals surface area (Å²) in [6, 6.07) is -0.123. The molecule has 2 aliphatic rings. The molecule has 2 saturated heterocycles. The molecule has 13 heavy (non-hydrogen) atoms. The molecule has 0 aromatic carbocycles. The second-order valence-electron chi connectivity index (χ2n) is 4.04. The van der Waals surface area contributed by atoms with Gasteiger partial charge in [-0.2, -0.15) is 0 Å². The molecular formula is C9H16N2O2. The van der Waals surface area contributed by atoms with Gasteiger partial charge >= 0.3 is 5.97 Å². The first-order chi connectivity index (χ1) is 6.17. The molecule has 2 rings (SSSR count). The molecule has 2 heterocycles. The van der Waals surface area contributed by atoms with Gasteiger partial charge in [-0.1, -0.05) is 0 Å². The van der Waals surface area contributed by atoms with Crippen molar-refractivity contribution < 1.29 is 9.53 Å². The van der Waals surface area contributed by atoms with Gasteiger partial charge in [0.15, 0.2) is 0 Å². The maximum absolute atomic E-state index is 11.6. The number of cyclic esters (lactones) is 1. The Labute approximate surface area is 77.8 Å². The Kier molecular flexibility index (Phi) is 2.04. The van der Waals surface area contributed by atoms with E-state index in [4.69, 9.17) is 10.5 Å². The van der Waals surface area contributed by atoms with Crippen molar-refractivity contribution in [2.24, 2.45) is 11.1 Å². The molecule has 4 heteroatoms. The Morgan fingerprint density at radius 3 is 2.62 bits per heavy atom. The number of carbonyl (C=O) groups is 1. The van der Waals surface area contributed by atoms with Gasteiger partial charge in [-0.3, -0.25) is 4.79 Å². The van der Waals surface area contributed by atoms with Crippen LogP contribution in [0.4, 0.5) is 0 Å². The summed E-state index contributed by atoms with van der Waals surface area (Å²) in [6.07, 6.45) is 1.51. The predicted molar refractivity (Wildman–Crippen MR) is 48.1 cm³/mol. The van der Waals surface area contributed by atoms with E-state index in [1.807, 2.05) is 6.92 Å². The largest absolute Gasteiger partial charge is 0.461 e. The topological polar surface area (TPSA) is 64.3 Å². The zero-order valence-corrected chi connectivity index (χ0v) is 7.88. The highest BCUT2D eigenvalue weighted by Gasteiger charge is 2.54. The lowest BCUT2D eigenvalue weighted by molar-refractivity contribution is -0.149. The van der Waals surface area contributed by atoms with E-state index in [1.54, 1.807) is 0 Å². The number of rotatable bonds is 0. The molecule has 0 aliphatic carbocycles. The van der Waals surface area contributed by atoms with Crippen molar-refractivity contribution in [1.29, 1.82) is 0 Å². The van der Waals surface area contributed by atoms with Crippen LogP contribution in [0.3, 0.4) is 0 Å². The number of ether oxygens (including phenoxy) is 1. The van der Waals surface area contributed by atoms with Gasteiger partial charge in [0.1, 0.15) is 6.10 Å². The van der Waals surface area contributed by atoms with E-state index in [-0.39, 0.29) is 23.5 Å².